The van der Waals surface area contributed by atoms with Gasteiger partial charge in [-0.25, -0.2) is 8.78 Å². The molecule has 0 spiro atoms. The zero-order valence-corrected chi connectivity index (χ0v) is 12.7. The summed E-state index contributed by atoms with van der Waals surface area (Å²) in [5, 5.41) is 4.92. The van der Waals surface area contributed by atoms with Crippen LogP contribution in [0.25, 0.3) is 0 Å². The van der Waals surface area contributed by atoms with E-state index < -0.39 is 28.9 Å². The highest BCUT2D eigenvalue weighted by Crippen LogP contribution is 2.23. The first-order chi connectivity index (χ1) is 10.8. The second kappa shape index (κ2) is 6.56. The van der Waals surface area contributed by atoms with Gasteiger partial charge in [0.15, 0.2) is 0 Å². The average molecular weight is 318 g/mol. The Morgan fingerprint density at radius 1 is 0.913 bits per heavy atom. The van der Waals surface area contributed by atoms with E-state index in [2.05, 4.69) is 10.6 Å². The molecule has 0 saturated heterocycles. The summed E-state index contributed by atoms with van der Waals surface area (Å²) in [7, 11) is 0. The average Bonchev–Trinajstić information content (AvgIpc) is 2.50. The fourth-order valence-corrected chi connectivity index (χ4v) is 1.78. The Balaban J connectivity index is 2.11. The molecule has 2 amide bonds. The number of halogens is 2. The van der Waals surface area contributed by atoms with Crippen molar-refractivity contribution in [2.45, 2.75) is 13.8 Å². The van der Waals surface area contributed by atoms with E-state index in [-0.39, 0.29) is 5.69 Å². The molecular weight excluding hydrogens is 302 g/mol. The third-order valence-electron chi connectivity index (χ3n) is 3.35. The number of rotatable bonds is 4. The minimum Gasteiger partial charge on any atom is -0.325 e. The van der Waals surface area contributed by atoms with Gasteiger partial charge < -0.3 is 10.6 Å². The molecule has 0 heterocycles. The number of hydrogen-bond acceptors (Lipinski definition) is 2. The predicted molar refractivity (Wildman–Crippen MR) is 83.8 cm³/mol. The fraction of sp³-hybridized carbons (Fsp3) is 0.176. The summed E-state index contributed by atoms with van der Waals surface area (Å²) in [5.41, 5.74) is -1.08. The molecule has 0 aliphatic carbocycles. The summed E-state index contributed by atoms with van der Waals surface area (Å²) in [5.74, 6) is -2.89. The highest BCUT2D eigenvalue weighted by atomic mass is 19.1. The Kier molecular flexibility index (Phi) is 4.74. The molecule has 0 aliphatic heterocycles. The van der Waals surface area contributed by atoms with Crippen molar-refractivity contribution >= 4 is 23.2 Å². The zero-order valence-electron chi connectivity index (χ0n) is 12.7. The van der Waals surface area contributed by atoms with Crippen molar-refractivity contribution in [3.8, 4) is 0 Å². The molecule has 0 saturated carbocycles. The minimum absolute atomic E-state index is 0.183. The molecule has 23 heavy (non-hydrogen) atoms. The lowest BCUT2D eigenvalue weighted by Crippen LogP contribution is -2.41. The highest BCUT2D eigenvalue weighted by Gasteiger charge is 2.36. The molecule has 2 aromatic carbocycles. The minimum atomic E-state index is -1.45. The van der Waals surface area contributed by atoms with Gasteiger partial charge in [-0.1, -0.05) is 18.2 Å². The van der Waals surface area contributed by atoms with Crippen LogP contribution in [0.1, 0.15) is 13.8 Å². The first-order valence-corrected chi connectivity index (χ1v) is 6.93. The van der Waals surface area contributed by atoms with Crippen LogP contribution in [0, 0.1) is 17.0 Å². The molecule has 0 bridgehead atoms. The quantitative estimate of drug-likeness (QED) is 0.847. The highest BCUT2D eigenvalue weighted by molar-refractivity contribution is 6.14. The second-order valence-electron chi connectivity index (χ2n) is 5.52. The van der Waals surface area contributed by atoms with E-state index in [1.165, 1.54) is 13.8 Å². The van der Waals surface area contributed by atoms with Gasteiger partial charge in [0.05, 0.1) is 5.69 Å². The van der Waals surface area contributed by atoms with Crippen molar-refractivity contribution in [1.29, 1.82) is 0 Å². The number of para-hydroxylation sites is 1. The topological polar surface area (TPSA) is 58.2 Å². The molecule has 0 fully saturated rings. The standard InChI is InChI=1S/C17H16F2N2O2/c1-17(2,15(22)20-12-6-4-3-5-7-12)16(23)21-14-9-8-11(18)10-13(14)19/h3-10H,1-2H3,(H,20,22)(H,21,23). The molecule has 2 aromatic rings. The van der Waals surface area contributed by atoms with Gasteiger partial charge in [-0.15, -0.1) is 0 Å². The van der Waals surface area contributed by atoms with Gasteiger partial charge in [-0.3, -0.25) is 9.59 Å². The van der Waals surface area contributed by atoms with Crippen LogP contribution in [0.2, 0.25) is 0 Å². The molecule has 0 aromatic heterocycles. The molecule has 2 N–H and O–H groups in total. The van der Waals surface area contributed by atoms with Crippen molar-refractivity contribution in [3.63, 3.8) is 0 Å². The van der Waals surface area contributed by atoms with E-state index in [0.29, 0.717) is 11.8 Å². The van der Waals surface area contributed by atoms with Crippen LogP contribution in [0.4, 0.5) is 20.2 Å². The maximum absolute atomic E-state index is 13.6. The van der Waals surface area contributed by atoms with Crippen molar-refractivity contribution in [1.82, 2.24) is 0 Å². The zero-order chi connectivity index (χ0) is 17.0. The second-order valence-corrected chi connectivity index (χ2v) is 5.52. The lowest BCUT2D eigenvalue weighted by Gasteiger charge is -2.23. The van der Waals surface area contributed by atoms with Gasteiger partial charge in [0, 0.05) is 11.8 Å². The van der Waals surface area contributed by atoms with Crippen LogP contribution >= 0.6 is 0 Å². The number of hydrogen-bond donors (Lipinski definition) is 2. The molecule has 0 aliphatic rings. The van der Waals surface area contributed by atoms with Gasteiger partial charge >= 0.3 is 0 Å². The van der Waals surface area contributed by atoms with Gasteiger partial charge in [0.2, 0.25) is 11.8 Å². The predicted octanol–water partition coefficient (Wildman–Crippen LogP) is 3.57. The van der Waals surface area contributed by atoms with Crippen LogP contribution in [-0.2, 0) is 9.59 Å². The summed E-state index contributed by atoms with van der Waals surface area (Å²) < 4.78 is 26.5. The molecule has 2 rings (SSSR count). The summed E-state index contributed by atoms with van der Waals surface area (Å²) in [6, 6.07) is 11.4. The molecule has 0 radical (unpaired) electrons. The maximum atomic E-state index is 13.6. The largest absolute Gasteiger partial charge is 0.325 e. The lowest BCUT2D eigenvalue weighted by molar-refractivity contribution is -0.135. The van der Waals surface area contributed by atoms with E-state index in [4.69, 9.17) is 0 Å². The monoisotopic (exact) mass is 318 g/mol. The van der Waals surface area contributed by atoms with Crippen LogP contribution in [0.15, 0.2) is 48.5 Å². The van der Waals surface area contributed by atoms with Crippen LogP contribution in [0.3, 0.4) is 0 Å². The van der Waals surface area contributed by atoms with E-state index in [9.17, 15) is 18.4 Å². The third kappa shape index (κ3) is 3.91. The number of carbonyl (C=O) groups is 2. The molecule has 0 unspecified atom stereocenters. The number of carbonyl (C=O) groups excluding carboxylic acids is 2. The Morgan fingerprint density at radius 3 is 2.13 bits per heavy atom. The molecular formula is C17H16F2N2O2. The number of anilines is 2. The van der Waals surface area contributed by atoms with Gasteiger partial charge in [0.1, 0.15) is 17.0 Å². The van der Waals surface area contributed by atoms with Crippen LogP contribution < -0.4 is 10.6 Å². The normalized spacial score (nSPS) is 11.0. The summed E-state index contributed by atoms with van der Waals surface area (Å²) >= 11 is 0. The van der Waals surface area contributed by atoms with E-state index >= 15 is 0 Å². The summed E-state index contributed by atoms with van der Waals surface area (Å²) in [6.07, 6.45) is 0. The van der Waals surface area contributed by atoms with E-state index in [0.717, 1.165) is 12.1 Å². The van der Waals surface area contributed by atoms with E-state index in [1.54, 1.807) is 30.3 Å². The summed E-state index contributed by atoms with van der Waals surface area (Å²) in [6.45, 7) is 2.84. The van der Waals surface area contributed by atoms with E-state index in [1.807, 2.05) is 0 Å². The Morgan fingerprint density at radius 2 is 1.52 bits per heavy atom. The first-order valence-electron chi connectivity index (χ1n) is 6.93. The maximum Gasteiger partial charge on any atom is 0.239 e. The van der Waals surface area contributed by atoms with Crippen LogP contribution in [-0.4, -0.2) is 11.8 Å². The van der Waals surface area contributed by atoms with Crippen LogP contribution in [0.5, 0.6) is 0 Å². The molecule has 0 atom stereocenters. The smallest absolute Gasteiger partial charge is 0.239 e. The Labute approximate surface area is 132 Å². The number of benzene rings is 2. The molecule has 6 heteroatoms. The van der Waals surface area contributed by atoms with Crippen molar-refractivity contribution < 1.29 is 18.4 Å². The third-order valence-corrected chi connectivity index (χ3v) is 3.35. The Bertz CT molecular complexity index is 731. The SMILES string of the molecule is CC(C)(C(=O)Nc1ccccc1)C(=O)Nc1ccc(F)cc1F. The van der Waals surface area contributed by atoms with Gasteiger partial charge in [0.25, 0.3) is 0 Å². The lowest BCUT2D eigenvalue weighted by atomic mass is 9.90. The van der Waals surface area contributed by atoms with Crippen molar-refractivity contribution in [2.75, 3.05) is 10.6 Å². The van der Waals surface area contributed by atoms with Crippen molar-refractivity contribution in [3.05, 3.63) is 60.2 Å². The molecule has 4 nitrogen and oxygen atoms in total. The number of nitrogens with one attached hydrogen (secondary N) is 2. The summed E-state index contributed by atoms with van der Waals surface area (Å²) in [4.78, 5) is 24.5. The number of amides is 2. The van der Waals surface area contributed by atoms with Crippen molar-refractivity contribution in [2.24, 2.45) is 5.41 Å². The van der Waals surface area contributed by atoms with Gasteiger partial charge in [-0.05, 0) is 38.1 Å². The fourth-order valence-electron chi connectivity index (χ4n) is 1.78. The van der Waals surface area contributed by atoms with Gasteiger partial charge in [-0.2, -0.15) is 0 Å². The Hall–Kier alpha value is -2.76. The molecule has 120 valence electrons. The first kappa shape index (κ1) is 16.6.